The number of imidazole rings is 1. The number of nitrogens with one attached hydrogen (secondary N) is 1. The summed E-state index contributed by atoms with van der Waals surface area (Å²) < 4.78 is 1.76. The second-order valence-electron chi connectivity index (χ2n) is 5.98. The number of hydrogen-bond acceptors (Lipinski definition) is 3. The number of rotatable bonds is 2. The lowest BCUT2D eigenvalue weighted by Gasteiger charge is -2.22. The van der Waals surface area contributed by atoms with E-state index in [4.69, 9.17) is 11.6 Å². The molecule has 0 amide bonds. The Morgan fingerprint density at radius 3 is 2.43 bits per heavy atom. The van der Waals surface area contributed by atoms with Gasteiger partial charge in [-0.3, -0.25) is 0 Å². The van der Waals surface area contributed by atoms with Crippen molar-refractivity contribution in [3.8, 4) is 11.3 Å². The average molecular weight is 301 g/mol. The number of benzene rings is 1. The molecule has 2 heterocycles. The number of aromatic nitrogens is 3. The molecule has 0 aliphatic heterocycles. The van der Waals surface area contributed by atoms with Crippen molar-refractivity contribution in [2.75, 3.05) is 5.32 Å². The summed E-state index contributed by atoms with van der Waals surface area (Å²) in [6, 6.07) is 13.7. The van der Waals surface area contributed by atoms with Gasteiger partial charge in [-0.25, -0.2) is 4.98 Å². The highest BCUT2D eigenvalue weighted by Gasteiger charge is 2.20. The zero-order valence-corrected chi connectivity index (χ0v) is 13.0. The fraction of sp³-hybridized carbons (Fsp3) is 0.250. The number of halogens is 1. The number of hydrogen-bond donors (Lipinski definition) is 1. The van der Waals surface area contributed by atoms with Crippen LogP contribution in [0.3, 0.4) is 0 Å². The number of nitrogens with zero attached hydrogens (tertiary/aromatic N) is 3. The highest BCUT2D eigenvalue weighted by atomic mass is 35.5. The van der Waals surface area contributed by atoms with Gasteiger partial charge in [0.15, 0.2) is 11.5 Å². The molecule has 0 radical (unpaired) electrons. The second-order valence-corrected chi connectivity index (χ2v) is 6.36. The van der Waals surface area contributed by atoms with Crippen molar-refractivity contribution in [1.29, 1.82) is 0 Å². The monoisotopic (exact) mass is 300 g/mol. The summed E-state index contributed by atoms with van der Waals surface area (Å²) in [5.74, 6) is 0.853. The van der Waals surface area contributed by atoms with Gasteiger partial charge in [-0.05, 0) is 32.9 Å². The Kier molecular flexibility index (Phi) is 3.33. The van der Waals surface area contributed by atoms with E-state index in [2.05, 4.69) is 36.2 Å². The fourth-order valence-corrected chi connectivity index (χ4v) is 2.31. The molecule has 5 heteroatoms. The van der Waals surface area contributed by atoms with Gasteiger partial charge in [0.05, 0.1) is 0 Å². The maximum absolute atomic E-state index is 6.03. The molecule has 0 saturated carbocycles. The Hall–Kier alpha value is -2.07. The topological polar surface area (TPSA) is 42.2 Å². The molecule has 0 saturated heterocycles. The molecule has 0 fully saturated rings. The lowest BCUT2D eigenvalue weighted by Crippen LogP contribution is -2.27. The summed E-state index contributed by atoms with van der Waals surface area (Å²) in [6.07, 6.45) is 0. The Labute approximate surface area is 128 Å². The van der Waals surface area contributed by atoms with Crippen LogP contribution in [-0.2, 0) is 0 Å². The molecule has 2 aromatic heterocycles. The molecule has 1 aromatic carbocycles. The van der Waals surface area contributed by atoms with Crippen molar-refractivity contribution in [3.05, 3.63) is 47.6 Å². The van der Waals surface area contributed by atoms with Crippen LogP contribution in [0.1, 0.15) is 20.8 Å². The minimum Gasteiger partial charge on any atom is -0.364 e. The van der Waals surface area contributed by atoms with Crippen LogP contribution in [0, 0.1) is 0 Å². The maximum Gasteiger partial charge on any atom is 0.157 e. The predicted molar refractivity (Wildman–Crippen MR) is 86.8 cm³/mol. The van der Waals surface area contributed by atoms with Crippen LogP contribution < -0.4 is 5.32 Å². The number of fused-ring (bicyclic) bond motifs is 1. The first-order valence-corrected chi connectivity index (χ1v) is 7.21. The molecule has 3 rings (SSSR count). The van der Waals surface area contributed by atoms with Crippen LogP contribution in [0.2, 0.25) is 5.15 Å². The first-order chi connectivity index (χ1) is 9.94. The lowest BCUT2D eigenvalue weighted by molar-refractivity contribution is 0.626. The molecule has 0 bridgehead atoms. The minimum absolute atomic E-state index is 0.108. The third-order valence-corrected chi connectivity index (χ3v) is 3.19. The van der Waals surface area contributed by atoms with Gasteiger partial charge in [0.2, 0.25) is 0 Å². The fourth-order valence-electron chi connectivity index (χ4n) is 2.18. The highest BCUT2D eigenvalue weighted by Crippen LogP contribution is 2.30. The van der Waals surface area contributed by atoms with Crippen LogP contribution >= 0.6 is 11.6 Å². The van der Waals surface area contributed by atoms with Crippen LogP contribution in [0.5, 0.6) is 0 Å². The summed E-state index contributed by atoms with van der Waals surface area (Å²) in [6.45, 7) is 6.31. The molecule has 1 N–H and O–H groups in total. The standard InChI is InChI=1S/C16H17ClN4/c1-16(2,3)19-15-14(11-7-5-4-6-8-11)18-13-10-9-12(17)20-21(13)15/h4-10,19H,1-3H3. The van der Waals surface area contributed by atoms with E-state index >= 15 is 0 Å². The molecule has 21 heavy (non-hydrogen) atoms. The first-order valence-electron chi connectivity index (χ1n) is 6.83. The number of anilines is 1. The van der Waals surface area contributed by atoms with Crippen LogP contribution in [0.4, 0.5) is 5.82 Å². The van der Waals surface area contributed by atoms with Crippen molar-refractivity contribution in [3.63, 3.8) is 0 Å². The normalized spacial score (nSPS) is 11.8. The Balaban J connectivity index is 2.25. The Morgan fingerprint density at radius 2 is 1.76 bits per heavy atom. The van der Waals surface area contributed by atoms with E-state index in [9.17, 15) is 0 Å². The van der Waals surface area contributed by atoms with Gasteiger partial charge < -0.3 is 5.32 Å². The van der Waals surface area contributed by atoms with Gasteiger partial charge >= 0.3 is 0 Å². The summed E-state index contributed by atoms with van der Waals surface area (Å²) >= 11 is 6.03. The first kappa shape index (κ1) is 13.9. The molecular weight excluding hydrogens is 284 g/mol. The molecule has 108 valence electrons. The largest absolute Gasteiger partial charge is 0.364 e. The van der Waals surface area contributed by atoms with Crippen molar-refractivity contribution in [2.24, 2.45) is 0 Å². The Morgan fingerprint density at radius 1 is 1.05 bits per heavy atom. The second kappa shape index (κ2) is 5.04. The third kappa shape index (κ3) is 2.85. The third-order valence-electron chi connectivity index (χ3n) is 2.99. The molecule has 0 spiro atoms. The molecule has 3 aromatic rings. The van der Waals surface area contributed by atoms with E-state index in [-0.39, 0.29) is 5.54 Å². The van der Waals surface area contributed by atoms with Crippen molar-refractivity contribution in [1.82, 2.24) is 14.6 Å². The molecule has 0 aliphatic rings. The van der Waals surface area contributed by atoms with E-state index in [1.807, 2.05) is 36.4 Å². The lowest BCUT2D eigenvalue weighted by atomic mass is 10.1. The van der Waals surface area contributed by atoms with Gasteiger partial charge in [0.1, 0.15) is 10.8 Å². The molecule has 4 nitrogen and oxygen atoms in total. The zero-order chi connectivity index (χ0) is 15.0. The maximum atomic E-state index is 6.03. The molecular formula is C16H17ClN4. The van der Waals surface area contributed by atoms with Crippen LogP contribution in [0.15, 0.2) is 42.5 Å². The van der Waals surface area contributed by atoms with Gasteiger partial charge in [0, 0.05) is 11.1 Å². The highest BCUT2D eigenvalue weighted by molar-refractivity contribution is 6.29. The summed E-state index contributed by atoms with van der Waals surface area (Å²) in [4.78, 5) is 4.69. The average Bonchev–Trinajstić information content (AvgIpc) is 2.76. The van der Waals surface area contributed by atoms with E-state index in [0.717, 1.165) is 22.7 Å². The summed E-state index contributed by atoms with van der Waals surface area (Å²) in [5, 5.41) is 8.28. The smallest absolute Gasteiger partial charge is 0.157 e. The SMILES string of the molecule is CC(C)(C)Nc1c(-c2ccccc2)nc2ccc(Cl)nn12. The molecule has 0 atom stereocenters. The van der Waals surface area contributed by atoms with E-state index in [0.29, 0.717) is 5.15 Å². The van der Waals surface area contributed by atoms with Crippen LogP contribution in [-0.4, -0.2) is 20.1 Å². The zero-order valence-electron chi connectivity index (χ0n) is 12.3. The van der Waals surface area contributed by atoms with Crippen molar-refractivity contribution >= 4 is 23.1 Å². The van der Waals surface area contributed by atoms with Crippen LogP contribution in [0.25, 0.3) is 16.9 Å². The van der Waals surface area contributed by atoms with E-state index < -0.39 is 0 Å². The van der Waals surface area contributed by atoms with Crippen molar-refractivity contribution < 1.29 is 0 Å². The molecule has 0 aliphatic carbocycles. The quantitative estimate of drug-likeness (QED) is 0.769. The summed E-state index contributed by atoms with van der Waals surface area (Å²) in [5.41, 5.74) is 2.58. The van der Waals surface area contributed by atoms with Gasteiger partial charge in [-0.2, -0.15) is 9.61 Å². The summed E-state index contributed by atoms with van der Waals surface area (Å²) in [7, 11) is 0. The molecule has 0 unspecified atom stereocenters. The Bertz CT molecular complexity index is 772. The van der Waals surface area contributed by atoms with E-state index in [1.165, 1.54) is 0 Å². The minimum atomic E-state index is -0.108. The van der Waals surface area contributed by atoms with Gasteiger partial charge in [0.25, 0.3) is 0 Å². The van der Waals surface area contributed by atoms with Gasteiger partial charge in [-0.15, -0.1) is 0 Å². The van der Waals surface area contributed by atoms with Crippen molar-refractivity contribution in [2.45, 2.75) is 26.3 Å². The van der Waals surface area contributed by atoms with Gasteiger partial charge in [-0.1, -0.05) is 41.9 Å². The predicted octanol–water partition coefficient (Wildman–Crippen LogP) is 4.26. The van der Waals surface area contributed by atoms with E-state index in [1.54, 1.807) is 10.6 Å².